The van der Waals surface area contributed by atoms with Crippen LogP contribution in [0.2, 0.25) is 0 Å². The summed E-state index contributed by atoms with van der Waals surface area (Å²) in [7, 11) is 0. The molecular weight excluding hydrogens is 454 g/mol. The van der Waals surface area contributed by atoms with Crippen LogP contribution in [0.5, 0.6) is 5.75 Å². The fraction of sp³-hybridized carbons (Fsp3) is 0.222. The number of nitrogens with one attached hydrogen (secondary N) is 2. The highest BCUT2D eigenvalue weighted by Gasteiger charge is 2.19. The molecule has 1 aliphatic rings. The highest BCUT2D eigenvalue weighted by Crippen LogP contribution is 2.31. The molecule has 0 aromatic carbocycles. The van der Waals surface area contributed by atoms with Crippen molar-refractivity contribution in [2.75, 3.05) is 0 Å². The smallest absolute Gasteiger partial charge is 0.161 e. The van der Waals surface area contributed by atoms with Crippen molar-refractivity contribution >= 4 is 22.1 Å². The van der Waals surface area contributed by atoms with Gasteiger partial charge in [-0.2, -0.15) is 5.10 Å². The molecule has 0 radical (unpaired) electrons. The first-order chi connectivity index (χ1) is 17.8. The molecule has 1 aliphatic carbocycles. The first kappa shape index (κ1) is 20.8. The third kappa shape index (κ3) is 3.69. The maximum atomic E-state index is 6.22. The number of aromatic amines is 2. The summed E-state index contributed by atoms with van der Waals surface area (Å²) in [6.45, 7) is 0. The molecule has 0 saturated heterocycles. The van der Waals surface area contributed by atoms with Gasteiger partial charge in [-0.15, -0.1) is 0 Å². The number of ether oxygens (including phenoxy) is 1. The van der Waals surface area contributed by atoms with Crippen molar-refractivity contribution in [3.05, 3.63) is 61.4 Å². The number of rotatable bonds is 5. The Kier molecular flexibility index (Phi) is 4.97. The van der Waals surface area contributed by atoms with Crippen LogP contribution < -0.4 is 4.74 Å². The Hall–Kier alpha value is -4.53. The molecule has 0 bridgehead atoms. The number of aromatic nitrogens is 7. The number of hydrogen-bond donors (Lipinski definition) is 2. The molecule has 6 heterocycles. The number of furan rings is 1. The van der Waals surface area contributed by atoms with E-state index in [4.69, 9.17) is 19.1 Å². The molecule has 0 atom stereocenters. The van der Waals surface area contributed by atoms with Gasteiger partial charge in [-0.1, -0.05) is 6.42 Å². The molecule has 36 heavy (non-hydrogen) atoms. The van der Waals surface area contributed by atoms with E-state index in [1.54, 1.807) is 24.9 Å². The van der Waals surface area contributed by atoms with E-state index in [1.165, 1.54) is 19.3 Å². The third-order valence-corrected chi connectivity index (χ3v) is 6.69. The van der Waals surface area contributed by atoms with Gasteiger partial charge in [-0.05, 0) is 56.0 Å². The molecule has 178 valence electrons. The second kappa shape index (κ2) is 8.60. The van der Waals surface area contributed by atoms with Gasteiger partial charge in [0.05, 0.1) is 41.6 Å². The minimum absolute atomic E-state index is 0.265. The number of hydrogen-bond acceptors (Lipinski definition) is 7. The number of pyridine rings is 3. The largest absolute Gasteiger partial charge is 0.489 e. The predicted molar refractivity (Wildman–Crippen MR) is 135 cm³/mol. The van der Waals surface area contributed by atoms with E-state index in [-0.39, 0.29) is 6.10 Å². The second-order valence-corrected chi connectivity index (χ2v) is 9.11. The van der Waals surface area contributed by atoms with E-state index in [1.807, 2.05) is 36.5 Å². The monoisotopic (exact) mass is 477 g/mol. The molecule has 0 amide bonds. The van der Waals surface area contributed by atoms with Crippen LogP contribution >= 0.6 is 0 Å². The number of imidazole rings is 1. The second-order valence-electron chi connectivity index (χ2n) is 9.11. The summed E-state index contributed by atoms with van der Waals surface area (Å²) in [6.07, 6.45) is 14.8. The fourth-order valence-corrected chi connectivity index (χ4v) is 4.88. The summed E-state index contributed by atoms with van der Waals surface area (Å²) in [4.78, 5) is 22.1. The van der Waals surface area contributed by atoms with Gasteiger partial charge in [-0.3, -0.25) is 15.1 Å². The Bertz CT molecular complexity index is 1660. The maximum Gasteiger partial charge on any atom is 0.161 e. The molecule has 6 aromatic heterocycles. The average Bonchev–Trinajstić information content (AvgIpc) is 3.68. The molecule has 0 aliphatic heterocycles. The van der Waals surface area contributed by atoms with E-state index in [0.29, 0.717) is 11.5 Å². The summed E-state index contributed by atoms with van der Waals surface area (Å²) in [6, 6.07) is 9.72. The van der Waals surface area contributed by atoms with Crippen molar-refractivity contribution in [1.29, 1.82) is 0 Å². The Labute approximate surface area is 206 Å². The number of fused-ring (bicyclic) bond motifs is 2. The minimum atomic E-state index is 0.265. The molecule has 1 saturated carbocycles. The van der Waals surface area contributed by atoms with Crippen LogP contribution in [-0.2, 0) is 0 Å². The van der Waals surface area contributed by atoms with Crippen LogP contribution in [0.25, 0.3) is 56.1 Å². The molecule has 0 unspecified atom stereocenters. The van der Waals surface area contributed by atoms with Gasteiger partial charge in [0.1, 0.15) is 22.5 Å². The average molecular weight is 478 g/mol. The summed E-state index contributed by atoms with van der Waals surface area (Å²) < 4.78 is 11.5. The van der Waals surface area contributed by atoms with Crippen LogP contribution in [0.1, 0.15) is 32.1 Å². The highest BCUT2D eigenvalue weighted by atomic mass is 16.5. The van der Waals surface area contributed by atoms with E-state index in [9.17, 15) is 0 Å². The van der Waals surface area contributed by atoms with Crippen molar-refractivity contribution in [2.24, 2.45) is 0 Å². The van der Waals surface area contributed by atoms with Crippen molar-refractivity contribution in [3.63, 3.8) is 0 Å². The molecule has 7 rings (SSSR count). The van der Waals surface area contributed by atoms with Gasteiger partial charge < -0.3 is 14.1 Å². The first-order valence-corrected chi connectivity index (χ1v) is 12.2. The number of nitrogens with zero attached hydrogens (tertiary/aromatic N) is 5. The van der Waals surface area contributed by atoms with Crippen LogP contribution in [0, 0.1) is 0 Å². The zero-order chi connectivity index (χ0) is 23.9. The SMILES string of the molecule is c1cc2[nH]c(-c3n[nH]c4ccc(-c5cncc(OC6CCCCC6)c5)nc34)nc2c(-c2ccoc2)n1. The topological polar surface area (TPSA) is 118 Å². The van der Waals surface area contributed by atoms with Crippen LogP contribution in [0.15, 0.2) is 65.9 Å². The Morgan fingerprint density at radius 3 is 2.69 bits per heavy atom. The minimum Gasteiger partial charge on any atom is -0.489 e. The Morgan fingerprint density at radius 1 is 0.889 bits per heavy atom. The van der Waals surface area contributed by atoms with Gasteiger partial charge in [0.2, 0.25) is 0 Å². The van der Waals surface area contributed by atoms with E-state index < -0.39 is 0 Å². The molecule has 0 spiro atoms. The summed E-state index contributed by atoms with van der Waals surface area (Å²) in [5.74, 6) is 1.40. The quantitative estimate of drug-likeness (QED) is 0.316. The van der Waals surface area contributed by atoms with Gasteiger partial charge in [0.15, 0.2) is 11.5 Å². The lowest BCUT2D eigenvalue weighted by Crippen LogP contribution is -2.19. The third-order valence-electron chi connectivity index (χ3n) is 6.69. The van der Waals surface area contributed by atoms with Gasteiger partial charge in [0, 0.05) is 23.5 Å². The predicted octanol–water partition coefficient (Wildman–Crippen LogP) is 5.93. The molecule has 2 N–H and O–H groups in total. The van der Waals surface area contributed by atoms with Crippen LogP contribution in [0.3, 0.4) is 0 Å². The normalized spacial score (nSPS) is 14.6. The lowest BCUT2D eigenvalue weighted by Gasteiger charge is -2.22. The van der Waals surface area contributed by atoms with E-state index in [2.05, 4.69) is 25.1 Å². The van der Waals surface area contributed by atoms with Crippen molar-refractivity contribution in [1.82, 2.24) is 35.1 Å². The van der Waals surface area contributed by atoms with Crippen molar-refractivity contribution in [3.8, 4) is 39.8 Å². The van der Waals surface area contributed by atoms with Crippen LogP contribution in [0.4, 0.5) is 0 Å². The molecule has 1 fully saturated rings. The Morgan fingerprint density at radius 2 is 1.81 bits per heavy atom. The van der Waals surface area contributed by atoms with Crippen molar-refractivity contribution in [2.45, 2.75) is 38.2 Å². The first-order valence-electron chi connectivity index (χ1n) is 12.2. The Balaban J connectivity index is 1.26. The number of H-pyrrole nitrogens is 2. The molecule has 9 nitrogen and oxygen atoms in total. The van der Waals surface area contributed by atoms with Crippen LogP contribution in [-0.4, -0.2) is 41.2 Å². The lowest BCUT2D eigenvalue weighted by molar-refractivity contribution is 0.154. The zero-order valence-electron chi connectivity index (χ0n) is 19.4. The summed E-state index contributed by atoms with van der Waals surface area (Å²) in [5.41, 5.74) is 7.11. The summed E-state index contributed by atoms with van der Waals surface area (Å²) >= 11 is 0. The van der Waals surface area contributed by atoms with Gasteiger partial charge >= 0.3 is 0 Å². The molecule has 6 aromatic rings. The fourth-order valence-electron chi connectivity index (χ4n) is 4.88. The van der Waals surface area contributed by atoms with E-state index in [0.717, 1.165) is 63.2 Å². The molecule has 9 heteroatoms. The van der Waals surface area contributed by atoms with Gasteiger partial charge in [-0.25, -0.2) is 9.97 Å². The standard InChI is InChI=1S/C27H23N7O2/c1-2-4-18(5-3-1)36-19-12-17(13-28-14-19)20-6-7-22-25(30-20)26(34-33-22)27-31-21-8-10-29-23(24(21)32-27)16-9-11-35-15-16/h6-15,18H,1-5H2,(H,31,32)(H,33,34). The zero-order valence-corrected chi connectivity index (χ0v) is 19.4. The van der Waals surface area contributed by atoms with Gasteiger partial charge in [0.25, 0.3) is 0 Å². The van der Waals surface area contributed by atoms with E-state index >= 15 is 0 Å². The molecular formula is C27H23N7O2. The summed E-state index contributed by atoms with van der Waals surface area (Å²) in [5, 5.41) is 7.60. The highest BCUT2D eigenvalue weighted by molar-refractivity contribution is 5.94. The van der Waals surface area contributed by atoms with Crippen molar-refractivity contribution < 1.29 is 9.15 Å². The maximum absolute atomic E-state index is 6.22. The lowest BCUT2D eigenvalue weighted by atomic mass is 9.98.